The molecule has 0 aliphatic carbocycles. The number of guanidine groups is 1. The average molecular weight is 547 g/mol. The van der Waals surface area contributed by atoms with Crippen LogP contribution in [0.3, 0.4) is 0 Å². The highest BCUT2D eigenvalue weighted by molar-refractivity contribution is 14.0. The summed E-state index contributed by atoms with van der Waals surface area (Å²) in [5.41, 5.74) is 8.05. The third kappa shape index (κ3) is 6.63. The molecule has 3 N–H and O–H groups in total. The number of benzene rings is 2. The summed E-state index contributed by atoms with van der Waals surface area (Å²) in [5.74, 6) is 1.77. The summed E-state index contributed by atoms with van der Waals surface area (Å²) in [5, 5.41) is 3.60. The van der Waals surface area contributed by atoms with Crippen molar-refractivity contribution in [3.05, 3.63) is 53.1 Å². The predicted molar refractivity (Wildman–Crippen MR) is 132 cm³/mol. The van der Waals surface area contributed by atoms with Gasteiger partial charge in [0.25, 0.3) is 0 Å². The second-order valence-electron chi connectivity index (χ2n) is 6.64. The molecule has 7 nitrogen and oxygen atoms in total. The normalized spacial score (nSPS) is 15.8. The van der Waals surface area contributed by atoms with E-state index in [-0.39, 0.29) is 30.0 Å². The first-order valence-corrected chi connectivity index (χ1v) is 9.84. The molecule has 1 atom stereocenters. The Balaban J connectivity index is 0.00000320. The third-order valence-corrected chi connectivity index (χ3v) is 5.14. The van der Waals surface area contributed by atoms with Crippen molar-refractivity contribution in [1.82, 2.24) is 4.90 Å². The molecule has 0 bridgehead atoms. The number of nitrogens with two attached hydrogens (primary N) is 1. The molecule has 1 aliphatic rings. The molecule has 0 aromatic heterocycles. The Kier molecular flexibility index (Phi) is 9.96. The lowest BCUT2D eigenvalue weighted by molar-refractivity contribution is 0.0180. The van der Waals surface area contributed by atoms with Crippen LogP contribution < -0.4 is 20.5 Å². The first-order chi connectivity index (χ1) is 14.1. The molecule has 3 rings (SSSR count). The Bertz CT molecular complexity index is 830. The van der Waals surface area contributed by atoms with Gasteiger partial charge < -0.3 is 25.3 Å². The Morgan fingerprint density at radius 2 is 1.87 bits per heavy atom. The van der Waals surface area contributed by atoms with Gasteiger partial charge in [-0.1, -0.05) is 23.7 Å². The van der Waals surface area contributed by atoms with Gasteiger partial charge in [0.2, 0.25) is 0 Å². The molecule has 2 aromatic rings. The smallest absolute Gasteiger partial charge is 0.193 e. The summed E-state index contributed by atoms with van der Waals surface area (Å²) < 4.78 is 15.9. The van der Waals surface area contributed by atoms with Crippen LogP contribution in [0.15, 0.2) is 47.5 Å². The monoisotopic (exact) mass is 546 g/mol. The second kappa shape index (κ2) is 12.2. The highest BCUT2D eigenvalue weighted by Crippen LogP contribution is 2.27. The van der Waals surface area contributed by atoms with E-state index in [1.54, 1.807) is 26.4 Å². The van der Waals surface area contributed by atoms with Gasteiger partial charge in [-0.15, -0.1) is 24.0 Å². The number of hydrogen-bond acceptors (Lipinski definition) is 5. The van der Waals surface area contributed by atoms with E-state index in [0.29, 0.717) is 36.5 Å². The molecule has 0 amide bonds. The largest absolute Gasteiger partial charge is 0.497 e. The van der Waals surface area contributed by atoms with Crippen LogP contribution in [-0.2, 0) is 4.74 Å². The number of aliphatic imine (C=N–C) groups is 1. The number of nitrogens with zero attached hydrogens (tertiary/aromatic N) is 2. The van der Waals surface area contributed by atoms with Crippen molar-refractivity contribution in [2.24, 2.45) is 10.7 Å². The minimum absolute atomic E-state index is 0. The molecular weight excluding hydrogens is 519 g/mol. The van der Waals surface area contributed by atoms with E-state index >= 15 is 0 Å². The van der Waals surface area contributed by atoms with Crippen molar-refractivity contribution in [2.45, 2.75) is 6.04 Å². The fourth-order valence-corrected chi connectivity index (χ4v) is 3.52. The quantitative estimate of drug-likeness (QED) is 0.313. The SMILES string of the molecule is COc1ccc(C(CN=C(N)Nc2ccc(OC)c(Cl)c2)N2CCOCC2)cc1.I. The third-order valence-electron chi connectivity index (χ3n) is 4.85. The van der Waals surface area contributed by atoms with Crippen LogP contribution in [0.4, 0.5) is 5.69 Å². The number of nitrogens with one attached hydrogen (secondary N) is 1. The van der Waals surface area contributed by atoms with Crippen LogP contribution in [0.1, 0.15) is 11.6 Å². The van der Waals surface area contributed by atoms with Gasteiger partial charge in [0.05, 0.1) is 45.0 Å². The second-order valence-corrected chi connectivity index (χ2v) is 7.04. The maximum absolute atomic E-state index is 6.17. The van der Waals surface area contributed by atoms with Crippen molar-refractivity contribution in [3.63, 3.8) is 0 Å². The highest BCUT2D eigenvalue weighted by atomic mass is 127. The van der Waals surface area contributed by atoms with Gasteiger partial charge in [-0.3, -0.25) is 9.89 Å². The molecule has 0 saturated carbocycles. The number of morpholine rings is 1. The lowest BCUT2D eigenvalue weighted by Gasteiger charge is -2.34. The van der Waals surface area contributed by atoms with Crippen LogP contribution >= 0.6 is 35.6 Å². The molecule has 1 aliphatic heterocycles. The molecule has 2 aromatic carbocycles. The van der Waals surface area contributed by atoms with Crippen LogP contribution in [0.25, 0.3) is 0 Å². The standard InChI is InChI=1S/C21H27ClN4O3.HI/c1-27-17-6-3-15(4-7-17)19(26-9-11-29-12-10-26)14-24-21(23)25-16-5-8-20(28-2)18(22)13-16;/h3-8,13,19H,9-12,14H2,1-2H3,(H3,23,24,25);1H. The Labute approximate surface area is 199 Å². The first-order valence-electron chi connectivity index (χ1n) is 9.47. The molecule has 9 heteroatoms. The van der Waals surface area contributed by atoms with Crippen LogP contribution in [0.5, 0.6) is 11.5 Å². The van der Waals surface area contributed by atoms with Crippen molar-refractivity contribution >= 4 is 47.2 Å². The predicted octanol–water partition coefficient (Wildman–Crippen LogP) is 3.78. The van der Waals surface area contributed by atoms with E-state index in [1.165, 1.54) is 0 Å². The number of hydrogen-bond donors (Lipinski definition) is 2. The number of methoxy groups -OCH3 is 2. The maximum Gasteiger partial charge on any atom is 0.193 e. The molecular formula is C21H28ClIN4O3. The van der Waals surface area contributed by atoms with Crippen molar-refractivity contribution < 1.29 is 14.2 Å². The van der Waals surface area contributed by atoms with Gasteiger partial charge >= 0.3 is 0 Å². The van der Waals surface area contributed by atoms with Crippen LogP contribution in [-0.4, -0.2) is 57.9 Å². The first kappa shape index (κ1) is 24.5. The number of halogens is 2. The van der Waals surface area contributed by atoms with Gasteiger partial charge in [-0.05, 0) is 35.9 Å². The Hall–Kier alpha value is -1.75. The lowest BCUT2D eigenvalue weighted by atomic mass is 10.0. The molecule has 1 heterocycles. The van der Waals surface area contributed by atoms with E-state index in [0.717, 1.165) is 30.1 Å². The molecule has 1 fully saturated rings. The zero-order chi connectivity index (χ0) is 20.6. The van der Waals surface area contributed by atoms with Crippen LogP contribution in [0, 0.1) is 0 Å². The topological polar surface area (TPSA) is 81.3 Å². The average Bonchev–Trinajstić information content (AvgIpc) is 2.75. The fourth-order valence-electron chi connectivity index (χ4n) is 3.26. The molecule has 0 spiro atoms. The van der Waals surface area contributed by atoms with E-state index in [4.69, 9.17) is 31.5 Å². The summed E-state index contributed by atoms with van der Waals surface area (Å²) >= 11 is 6.17. The zero-order valence-electron chi connectivity index (χ0n) is 17.1. The van der Waals surface area contributed by atoms with Gasteiger partial charge in [0.1, 0.15) is 11.5 Å². The minimum atomic E-state index is 0. The molecule has 0 radical (unpaired) electrons. The summed E-state index contributed by atoms with van der Waals surface area (Å²) in [6.45, 7) is 3.67. The minimum Gasteiger partial charge on any atom is -0.497 e. The maximum atomic E-state index is 6.17. The molecule has 1 saturated heterocycles. The van der Waals surface area contributed by atoms with Crippen molar-refractivity contribution in [3.8, 4) is 11.5 Å². The summed E-state index contributed by atoms with van der Waals surface area (Å²) in [6, 6.07) is 13.6. The highest BCUT2D eigenvalue weighted by Gasteiger charge is 2.22. The number of rotatable bonds is 7. The Morgan fingerprint density at radius 1 is 1.17 bits per heavy atom. The summed E-state index contributed by atoms with van der Waals surface area (Å²) in [4.78, 5) is 6.95. The fraction of sp³-hybridized carbons (Fsp3) is 0.381. The Morgan fingerprint density at radius 3 is 2.47 bits per heavy atom. The van der Waals surface area contributed by atoms with Crippen molar-refractivity contribution in [1.29, 1.82) is 0 Å². The number of ether oxygens (including phenoxy) is 3. The van der Waals surface area contributed by atoms with Gasteiger partial charge in [-0.2, -0.15) is 0 Å². The summed E-state index contributed by atoms with van der Waals surface area (Å²) in [6.07, 6.45) is 0. The van der Waals surface area contributed by atoms with Gasteiger partial charge in [0, 0.05) is 18.8 Å². The summed E-state index contributed by atoms with van der Waals surface area (Å²) in [7, 11) is 3.24. The van der Waals surface area contributed by atoms with Crippen LogP contribution in [0.2, 0.25) is 5.02 Å². The van der Waals surface area contributed by atoms with Crippen molar-refractivity contribution in [2.75, 3.05) is 52.4 Å². The molecule has 1 unspecified atom stereocenters. The lowest BCUT2D eigenvalue weighted by Crippen LogP contribution is -2.40. The number of anilines is 1. The van der Waals surface area contributed by atoms with Gasteiger partial charge in [-0.25, -0.2) is 0 Å². The molecule has 164 valence electrons. The zero-order valence-corrected chi connectivity index (χ0v) is 20.2. The van der Waals surface area contributed by atoms with E-state index in [1.807, 2.05) is 18.2 Å². The van der Waals surface area contributed by atoms with E-state index in [2.05, 4.69) is 27.3 Å². The van der Waals surface area contributed by atoms with Gasteiger partial charge in [0.15, 0.2) is 5.96 Å². The van der Waals surface area contributed by atoms with E-state index < -0.39 is 0 Å². The molecule has 30 heavy (non-hydrogen) atoms. The van der Waals surface area contributed by atoms with E-state index in [9.17, 15) is 0 Å².